The van der Waals surface area contributed by atoms with E-state index in [1.165, 1.54) is 6.92 Å². The Hall–Kier alpha value is -0.450. The molecular formula is C21H34O4. The fraction of sp³-hybridized carbons (Fsp3) is 0.952. The zero-order chi connectivity index (χ0) is 18.2. The summed E-state index contributed by atoms with van der Waals surface area (Å²) in [5, 5.41) is 32.5. The summed E-state index contributed by atoms with van der Waals surface area (Å²) in [7, 11) is 0. The number of hydrogen-bond donors (Lipinski definition) is 3. The number of ketones is 1. The van der Waals surface area contributed by atoms with Crippen LogP contribution in [0.4, 0.5) is 0 Å². The maximum Gasteiger partial charge on any atom is 0.161 e. The lowest BCUT2D eigenvalue weighted by Gasteiger charge is -2.62. The lowest BCUT2D eigenvalue weighted by Crippen LogP contribution is -2.62. The van der Waals surface area contributed by atoms with Crippen LogP contribution in [0.25, 0.3) is 0 Å². The van der Waals surface area contributed by atoms with Crippen molar-refractivity contribution < 1.29 is 20.1 Å². The molecular weight excluding hydrogens is 316 g/mol. The van der Waals surface area contributed by atoms with Gasteiger partial charge in [-0.3, -0.25) is 4.79 Å². The summed E-state index contributed by atoms with van der Waals surface area (Å²) in [6, 6.07) is 0. The third kappa shape index (κ3) is 2.20. The van der Waals surface area contributed by atoms with E-state index in [2.05, 4.69) is 6.92 Å². The molecule has 0 amide bonds. The fourth-order valence-electron chi connectivity index (χ4n) is 7.94. The predicted octanol–water partition coefficient (Wildman–Crippen LogP) is 2.68. The van der Waals surface area contributed by atoms with E-state index >= 15 is 0 Å². The van der Waals surface area contributed by atoms with Crippen molar-refractivity contribution in [2.75, 3.05) is 0 Å². The second-order valence-electron chi connectivity index (χ2n) is 10.1. The first-order valence-electron chi connectivity index (χ1n) is 10.2. The first kappa shape index (κ1) is 17.9. The molecule has 0 saturated heterocycles. The van der Waals surface area contributed by atoms with Gasteiger partial charge in [-0.05, 0) is 87.4 Å². The second-order valence-corrected chi connectivity index (χ2v) is 10.1. The fourth-order valence-corrected chi connectivity index (χ4v) is 7.94. The first-order chi connectivity index (χ1) is 11.6. The zero-order valence-corrected chi connectivity index (χ0v) is 15.9. The molecule has 0 bridgehead atoms. The highest BCUT2D eigenvalue weighted by Crippen LogP contribution is 2.68. The van der Waals surface area contributed by atoms with Crippen LogP contribution in [0.5, 0.6) is 0 Å². The molecule has 0 aliphatic heterocycles. The summed E-state index contributed by atoms with van der Waals surface area (Å²) < 4.78 is 0. The van der Waals surface area contributed by atoms with Crippen molar-refractivity contribution in [1.29, 1.82) is 0 Å². The minimum Gasteiger partial charge on any atom is -0.393 e. The van der Waals surface area contributed by atoms with E-state index in [1.54, 1.807) is 0 Å². The van der Waals surface area contributed by atoms with Gasteiger partial charge < -0.3 is 15.3 Å². The van der Waals surface area contributed by atoms with Crippen molar-refractivity contribution in [2.24, 2.45) is 34.5 Å². The lowest BCUT2D eigenvalue weighted by atomic mass is 9.43. The van der Waals surface area contributed by atoms with Crippen LogP contribution in [0.1, 0.15) is 72.1 Å². The van der Waals surface area contributed by atoms with Gasteiger partial charge in [-0.2, -0.15) is 0 Å². The number of aliphatic hydroxyl groups is 3. The van der Waals surface area contributed by atoms with Crippen LogP contribution in [0, 0.1) is 34.5 Å². The van der Waals surface area contributed by atoms with Crippen molar-refractivity contribution in [3.63, 3.8) is 0 Å². The third-order valence-corrected chi connectivity index (χ3v) is 9.30. The maximum absolute atomic E-state index is 12.3. The summed E-state index contributed by atoms with van der Waals surface area (Å²) >= 11 is 0. The topological polar surface area (TPSA) is 77.8 Å². The van der Waals surface area contributed by atoms with Crippen molar-refractivity contribution >= 4 is 5.78 Å². The highest BCUT2D eigenvalue weighted by atomic mass is 16.3. The molecule has 4 heteroatoms. The van der Waals surface area contributed by atoms with Gasteiger partial charge in [-0.15, -0.1) is 0 Å². The van der Waals surface area contributed by atoms with E-state index in [0.29, 0.717) is 30.6 Å². The smallest absolute Gasteiger partial charge is 0.161 e. The van der Waals surface area contributed by atoms with Crippen LogP contribution < -0.4 is 0 Å². The molecule has 4 aliphatic rings. The Bertz CT molecular complexity index is 576. The lowest BCUT2D eigenvalue weighted by molar-refractivity contribution is -0.201. The Morgan fingerprint density at radius 2 is 1.76 bits per heavy atom. The van der Waals surface area contributed by atoms with Crippen molar-refractivity contribution in [3.05, 3.63) is 0 Å². The van der Waals surface area contributed by atoms with Gasteiger partial charge in [0.15, 0.2) is 5.78 Å². The van der Waals surface area contributed by atoms with E-state index in [1.807, 2.05) is 6.92 Å². The van der Waals surface area contributed by atoms with Gasteiger partial charge in [-0.1, -0.05) is 13.8 Å². The van der Waals surface area contributed by atoms with Crippen molar-refractivity contribution in [2.45, 2.75) is 89.9 Å². The summed E-state index contributed by atoms with van der Waals surface area (Å²) in [5.74, 6) is 1.30. The van der Waals surface area contributed by atoms with Gasteiger partial charge in [-0.25, -0.2) is 0 Å². The number of carbonyl (C=O) groups is 1. The number of fused-ring (bicyclic) bond motifs is 5. The van der Waals surface area contributed by atoms with Gasteiger partial charge in [0.05, 0.1) is 12.2 Å². The minimum atomic E-state index is -1.27. The van der Waals surface area contributed by atoms with Crippen LogP contribution in [0.3, 0.4) is 0 Å². The highest BCUT2D eigenvalue weighted by molar-refractivity contribution is 5.86. The quantitative estimate of drug-likeness (QED) is 0.679. The summed E-state index contributed by atoms with van der Waals surface area (Å²) in [6.45, 7) is 5.88. The minimum absolute atomic E-state index is 0.0832. The summed E-state index contributed by atoms with van der Waals surface area (Å²) in [6.07, 6.45) is 6.16. The van der Waals surface area contributed by atoms with Crippen LogP contribution in [-0.4, -0.2) is 38.9 Å². The number of carbonyl (C=O) groups excluding carboxylic acids is 1. The average Bonchev–Trinajstić information content (AvgIpc) is 2.80. The van der Waals surface area contributed by atoms with Crippen molar-refractivity contribution in [1.82, 2.24) is 0 Å². The Kier molecular flexibility index (Phi) is 3.97. The number of Topliss-reactive ketones (excluding diaryl/α,β-unsaturated/α-hetero) is 1. The highest BCUT2D eigenvalue weighted by Gasteiger charge is 2.68. The molecule has 0 heterocycles. The normalized spacial score (nSPS) is 58.2. The van der Waals surface area contributed by atoms with E-state index < -0.39 is 17.1 Å². The van der Waals surface area contributed by atoms with Gasteiger partial charge in [0.2, 0.25) is 0 Å². The van der Waals surface area contributed by atoms with Crippen LogP contribution >= 0.6 is 0 Å². The third-order valence-electron chi connectivity index (χ3n) is 9.30. The summed E-state index contributed by atoms with van der Waals surface area (Å²) in [4.78, 5) is 12.3. The summed E-state index contributed by atoms with van der Waals surface area (Å²) in [5.41, 5.74) is -1.69. The molecule has 4 fully saturated rings. The molecule has 142 valence electrons. The van der Waals surface area contributed by atoms with Crippen LogP contribution in [-0.2, 0) is 4.79 Å². The van der Waals surface area contributed by atoms with Crippen LogP contribution in [0.2, 0.25) is 0 Å². The van der Waals surface area contributed by atoms with E-state index in [0.717, 1.165) is 38.5 Å². The number of hydrogen-bond acceptors (Lipinski definition) is 4. The molecule has 0 aromatic carbocycles. The average molecular weight is 350 g/mol. The molecule has 25 heavy (non-hydrogen) atoms. The SMILES string of the molecule is CC(=O)[C@@]1(O)CC[C@H]2[C@@H]3CC[C@H]4C[C@@H](O)CC[C@]4(C)[C@H]3[C@H](O)C[C@@]21C. The number of aliphatic hydroxyl groups excluding tert-OH is 2. The van der Waals surface area contributed by atoms with Crippen molar-refractivity contribution in [3.8, 4) is 0 Å². The van der Waals surface area contributed by atoms with E-state index in [4.69, 9.17) is 0 Å². The molecule has 0 spiro atoms. The standard InChI is InChI=1S/C21H34O4/c1-12(22)21(25)9-7-16-15-5-4-13-10-14(23)6-8-19(13,2)18(15)17(24)11-20(16,21)3/h13-18,23-25H,4-11H2,1-3H3/t13-,14-,15-,16-,17+,18+,19-,20-,21-/m0/s1. The van der Waals surface area contributed by atoms with Gasteiger partial charge in [0, 0.05) is 5.41 Å². The molecule has 0 aromatic rings. The van der Waals surface area contributed by atoms with Crippen LogP contribution in [0.15, 0.2) is 0 Å². The Labute approximate surface area is 151 Å². The Morgan fingerprint density at radius 1 is 1.04 bits per heavy atom. The van der Waals surface area contributed by atoms with E-state index in [-0.39, 0.29) is 23.2 Å². The first-order valence-corrected chi connectivity index (χ1v) is 10.2. The molecule has 4 aliphatic carbocycles. The van der Waals surface area contributed by atoms with E-state index in [9.17, 15) is 20.1 Å². The molecule has 4 rings (SSSR count). The Morgan fingerprint density at radius 3 is 2.44 bits per heavy atom. The zero-order valence-electron chi connectivity index (χ0n) is 15.9. The number of rotatable bonds is 1. The molecule has 0 radical (unpaired) electrons. The molecule has 0 unspecified atom stereocenters. The van der Waals surface area contributed by atoms with Gasteiger partial charge >= 0.3 is 0 Å². The molecule has 9 atom stereocenters. The monoisotopic (exact) mass is 350 g/mol. The van der Waals surface area contributed by atoms with Gasteiger partial charge in [0.1, 0.15) is 5.60 Å². The van der Waals surface area contributed by atoms with Gasteiger partial charge in [0.25, 0.3) is 0 Å². The largest absolute Gasteiger partial charge is 0.393 e. The molecule has 4 nitrogen and oxygen atoms in total. The predicted molar refractivity (Wildman–Crippen MR) is 94.8 cm³/mol. The molecule has 3 N–H and O–H groups in total. The Balaban J connectivity index is 1.70. The molecule has 0 aromatic heterocycles. The maximum atomic E-state index is 12.3. The molecule has 4 saturated carbocycles. The second kappa shape index (κ2) is 5.53.